The Balaban J connectivity index is 1.58. The average Bonchev–Trinajstić information content (AvgIpc) is 2.94. The highest BCUT2D eigenvalue weighted by Gasteiger charge is 2.29. The molecule has 0 atom stereocenters. The van der Waals surface area contributed by atoms with Gasteiger partial charge in [-0.25, -0.2) is 0 Å². The van der Waals surface area contributed by atoms with Crippen molar-refractivity contribution in [1.29, 1.82) is 0 Å². The van der Waals surface area contributed by atoms with Gasteiger partial charge in [0.15, 0.2) is 5.78 Å². The van der Waals surface area contributed by atoms with Crippen LogP contribution in [0.15, 0.2) is 54.6 Å². The molecule has 1 aliphatic heterocycles. The molecule has 1 heterocycles. The van der Waals surface area contributed by atoms with E-state index >= 15 is 0 Å². The zero-order valence-corrected chi connectivity index (χ0v) is 15.1. The van der Waals surface area contributed by atoms with Crippen LogP contribution in [-0.2, 0) is 4.79 Å². The number of hydrogen-bond donors (Lipinski definition) is 0. The Hall–Kier alpha value is -2.68. The number of carbonyl (C=O) groups is 2. The van der Waals surface area contributed by atoms with Gasteiger partial charge in [0.2, 0.25) is 0 Å². The minimum Gasteiger partial charge on any atom is -0.311 e. The number of nitrogens with zero attached hydrogens (tertiary/aromatic N) is 1. The van der Waals surface area contributed by atoms with Gasteiger partial charge in [0.25, 0.3) is 5.91 Å². The fraction of sp³-hybridized carbons (Fsp3) is 0.304. The first-order valence-electron chi connectivity index (χ1n) is 9.38. The van der Waals surface area contributed by atoms with Gasteiger partial charge >= 0.3 is 0 Å². The summed E-state index contributed by atoms with van der Waals surface area (Å²) in [6.45, 7) is 0. The Kier molecular flexibility index (Phi) is 4.46. The first-order valence-corrected chi connectivity index (χ1v) is 9.38. The van der Waals surface area contributed by atoms with E-state index in [0.717, 1.165) is 11.3 Å². The van der Waals surface area contributed by atoms with Gasteiger partial charge in [0.05, 0.1) is 11.3 Å². The maximum atomic E-state index is 12.7. The molecule has 1 amide bonds. The third kappa shape index (κ3) is 2.98. The summed E-state index contributed by atoms with van der Waals surface area (Å²) in [6.07, 6.45) is 7.91. The highest BCUT2D eigenvalue weighted by Crippen LogP contribution is 2.36. The smallest absolute Gasteiger partial charge is 0.258 e. The van der Waals surface area contributed by atoms with Gasteiger partial charge < -0.3 is 4.90 Å². The van der Waals surface area contributed by atoms with E-state index in [-0.39, 0.29) is 11.7 Å². The van der Waals surface area contributed by atoms with Gasteiger partial charge in [-0.15, -0.1) is 0 Å². The van der Waals surface area contributed by atoms with Crippen molar-refractivity contribution in [2.45, 2.75) is 38.0 Å². The second kappa shape index (κ2) is 6.91. The molecular weight excluding hydrogens is 322 g/mol. The second-order valence-corrected chi connectivity index (χ2v) is 7.26. The lowest BCUT2D eigenvalue weighted by atomic mass is 9.84. The molecule has 0 unspecified atom stereocenters. The fourth-order valence-corrected chi connectivity index (χ4v) is 4.11. The Morgan fingerprint density at radius 3 is 2.42 bits per heavy atom. The lowest BCUT2D eigenvalue weighted by molar-refractivity contribution is -0.112. The third-order valence-electron chi connectivity index (χ3n) is 5.64. The van der Waals surface area contributed by atoms with Crippen LogP contribution in [0.3, 0.4) is 0 Å². The maximum absolute atomic E-state index is 12.7. The predicted molar refractivity (Wildman–Crippen MR) is 104 cm³/mol. The van der Waals surface area contributed by atoms with Crippen molar-refractivity contribution in [3.8, 4) is 0 Å². The van der Waals surface area contributed by atoms with E-state index in [4.69, 9.17) is 0 Å². The molecule has 2 aromatic carbocycles. The van der Waals surface area contributed by atoms with Gasteiger partial charge in [0, 0.05) is 18.2 Å². The minimum absolute atomic E-state index is 0.117. The SMILES string of the molecule is CN1C(=O)C(=CC(=O)c2ccc(C3CCCCC3)cc2)c2ccccc21. The number of benzene rings is 2. The largest absolute Gasteiger partial charge is 0.311 e. The summed E-state index contributed by atoms with van der Waals surface area (Å²) in [5, 5.41) is 0. The summed E-state index contributed by atoms with van der Waals surface area (Å²) in [4.78, 5) is 26.8. The number of allylic oxidation sites excluding steroid dienone is 1. The van der Waals surface area contributed by atoms with Crippen molar-refractivity contribution in [1.82, 2.24) is 0 Å². The number of hydrogen-bond acceptors (Lipinski definition) is 2. The van der Waals surface area contributed by atoms with E-state index in [2.05, 4.69) is 12.1 Å². The zero-order chi connectivity index (χ0) is 18.1. The summed E-state index contributed by atoms with van der Waals surface area (Å²) < 4.78 is 0. The Morgan fingerprint density at radius 2 is 1.69 bits per heavy atom. The van der Waals surface area contributed by atoms with Crippen LogP contribution in [0.4, 0.5) is 5.69 Å². The van der Waals surface area contributed by atoms with E-state index < -0.39 is 0 Å². The molecule has 2 aliphatic rings. The summed E-state index contributed by atoms with van der Waals surface area (Å²) in [7, 11) is 1.74. The molecule has 0 aromatic heterocycles. The van der Waals surface area contributed by atoms with Gasteiger partial charge in [-0.05, 0) is 36.5 Å². The highest BCUT2D eigenvalue weighted by molar-refractivity contribution is 6.35. The summed E-state index contributed by atoms with van der Waals surface area (Å²) in [5.41, 5.74) is 4.12. The van der Waals surface area contributed by atoms with E-state index in [1.807, 2.05) is 36.4 Å². The number of para-hydroxylation sites is 1. The number of rotatable bonds is 3. The van der Waals surface area contributed by atoms with Crippen LogP contribution in [0.5, 0.6) is 0 Å². The predicted octanol–water partition coefficient (Wildman–Crippen LogP) is 4.98. The van der Waals surface area contributed by atoms with Crippen LogP contribution in [0.25, 0.3) is 5.57 Å². The van der Waals surface area contributed by atoms with Crippen LogP contribution in [0.2, 0.25) is 0 Å². The molecule has 0 saturated heterocycles. The van der Waals surface area contributed by atoms with Crippen molar-refractivity contribution in [3.05, 3.63) is 71.3 Å². The molecule has 4 rings (SSSR count). The van der Waals surface area contributed by atoms with Crippen LogP contribution >= 0.6 is 0 Å². The molecule has 26 heavy (non-hydrogen) atoms. The third-order valence-corrected chi connectivity index (χ3v) is 5.64. The Morgan fingerprint density at radius 1 is 1.00 bits per heavy atom. The first kappa shape index (κ1) is 16.8. The lowest BCUT2D eigenvalue weighted by Crippen LogP contribution is -2.20. The highest BCUT2D eigenvalue weighted by atomic mass is 16.2. The summed E-state index contributed by atoms with van der Waals surface area (Å²) in [6, 6.07) is 15.5. The van der Waals surface area contributed by atoms with Crippen LogP contribution in [-0.4, -0.2) is 18.7 Å². The number of likely N-dealkylation sites (N-methyl/N-ethyl adjacent to an activating group) is 1. The van der Waals surface area contributed by atoms with Crippen LogP contribution < -0.4 is 4.90 Å². The van der Waals surface area contributed by atoms with Crippen molar-refractivity contribution < 1.29 is 9.59 Å². The van der Waals surface area contributed by atoms with Crippen molar-refractivity contribution in [2.75, 3.05) is 11.9 Å². The normalized spacial score (nSPS) is 19.0. The summed E-state index contributed by atoms with van der Waals surface area (Å²) in [5.74, 6) is 0.384. The lowest BCUT2D eigenvalue weighted by Gasteiger charge is -2.21. The quantitative estimate of drug-likeness (QED) is 0.581. The molecule has 2 aromatic rings. The van der Waals surface area contributed by atoms with Gasteiger partial charge in [-0.3, -0.25) is 9.59 Å². The Bertz CT molecular complexity index is 873. The number of carbonyl (C=O) groups excluding carboxylic acids is 2. The molecular formula is C23H23NO2. The molecule has 0 radical (unpaired) electrons. The number of amides is 1. The van der Waals surface area contributed by atoms with Crippen LogP contribution in [0, 0.1) is 0 Å². The monoisotopic (exact) mass is 345 g/mol. The molecule has 3 nitrogen and oxygen atoms in total. The molecule has 132 valence electrons. The molecule has 0 spiro atoms. The standard InChI is InChI=1S/C23H23NO2/c1-24-21-10-6-5-9-19(21)20(23(24)26)15-22(25)18-13-11-17(12-14-18)16-7-3-2-4-8-16/h5-6,9-16H,2-4,7-8H2,1H3. The van der Waals surface area contributed by atoms with E-state index in [1.54, 1.807) is 11.9 Å². The van der Waals surface area contributed by atoms with Crippen LogP contribution in [0.1, 0.15) is 59.5 Å². The van der Waals surface area contributed by atoms with Crippen molar-refractivity contribution in [3.63, 3.8) is 0 Å². The average molecular weight is 345 g/mol. The van der Waals surface area contributed by atoms with Crippen molar-refractivity contribution in [2.24, 2.45) is 0 Å². The number of anilines is 1. The summed E-state index contributed by atoms with van der Waals surface area (Å²) >= 11 is 0. The maximum Gasteiger partial charge on any atom is 0.258 e. The van der Waals surface area contributed by atoms with E-state index in [9.17, 15) is 9.59 Å². The number of ketones is 1. The fourth-order valence-electron chi connectivity index (χ4n) is 4.11. The molecule has 1 fully saturated rings. The van der Waals surface area contributed by atoms with E-state index in [0.29, 0.717) is 17.1 Å². The number of fused-ring (bicyclic) bond motifs is 1. The second-order valence-electron chi connectivity index (χ2n) is 7.26. The van der Waals surface area contributed by atoms with E-state index in [1.165, 1.54) is 43.7 Å². The topological polar surface area (TPSA) is 37.4 Å². The molecule has 3 heteroatoms. The van der Waals surface area contributed by atoms with Gasteiger partial charge in [-0.1, -0.05) is 61.7 Å². The molecule has 0 bridgehead atoms. The molecule has 1 aliphatic carbocycles. The minimum atomic E-state index is -0.127. The van der Waals surface area contributed by atoms with Crippen molar-refractivity contribution >= 4 is 23.0 Å². The van der Waals surface area contributed by atoms with Gasteiger partial charge in [-0.2, -0.15) is 0 Å². The molecule has 0 N–H and O–H groups in total. The molecule has 1 saturated carbocycles. The zero-order valence-electron chi connectivity index (χ0n) is 15.1. The Labute approximate surface area is 154 Å². The first-order chi connectivity index (χ1) is 12.6. The van der Waals surface area contributed by atoms with Gasteiger partial charge in [0.1, 0.15) is 0 Å².